The fraction of sp³-hybridized carbons (Fsp3) is 1.00. The monoisotopic (exact) mass is 178 g/mol. The summed E-state index contributed by atoms with van der Waals surface area (Å²) in [5.74, 6) is 2.05. The summed E-state index contributed by atoms with van der Waals surface area (Å²) in [7, 11) is 3.84. The van der Waals surface area contributed by atoms with E-state index in [1.54, 1.807) is 0 Å². The number of hydrogen-bond donors (Lipinski definition) is 0. The summed E-state index contributed by atoms with van der Waals surface area (Å²) in [6, 6.07) is 0. The van der Waals surface area contributed by atoms with E-state index >= 15 is 0 Å². The molecular weight excluding hydrogens is 154 g/mol. The van der Waals surface area contributed by atoms with Gasteiger partial charge in [0.05, 0.1) is 0 Å². The third kappa shape index (κ3) is 4.78. The summed E-state index contributed by atoms with van der Waals surface area (Å²) in [5, 5.41) is 0. The van der Waals surface area contributed by atoms with Crippen molar-refractivity contribution in [2.45, 2.75) is 69.8 Å². The third-order valence-electron chi connectivity index (χ3n) is 3.70. The molecule has 0 aromatic rings. The molecule has 1 aliphatic rings. The largest absolute Gasteiger partial charge is 0.120 e. The Morgan fingerprint density at radius 1 is 0.923 bits per heavy atom. The first-order chi connectivity index (χ1) is 6.33. The summed E-state index contributed by atoms with van der Waals surface area (Å²) in [5.41, 5.74) is 0. The Labute approximate surface area is 85.5 Å². The van der Waals surface area contributed by atoms with Crippen LogP contribution in [0.2, 0.25) is 18.5 Å². The maximum absolute atomic E-state index is 2.43. The molecule has 0 heterocycles. The molecule has 74 valence electrons. The van der Waals surface area contributed by atoms with Crippen molar-refractivity contribution < 1.29 is 0 Å². The van der Waals surface area contributed by atoms with Crippen LogP contribution in [-0.2, 0) is 0 Å². The van der Waals surface area contributed by atoms with Gasteiger partial charge in [0.15, 0.2) is 0 Å². The van der Waals surface area contributed by atoms with Crippen LogP contribution in [0.1, 0.15) is 51.4 Å². The fourth-order valence-corrected chi connectivity index (χ4v) is 2.55. The minimum Gasteiger partial charge on any atom is -0.0891 e. The molecule has 1 rings (SSSR count). The standard InChI is InChI=1S/C11H24B2/c1-13-11-8-4-2-6-10(12)7-3-5-9-11/h10-11,13H,2-9,12H2,1H3. The van der Waals surface area contributed by atoms with Crippen LogP contribution < -0.4 is 0 Å². The molecule has 0 aromatic carbocycles. The van der Waals surface area contributed by atoms with Crippen molar-refractivity contribution >= 4 is 15.1 Å². The lowest BCUT2D eigenvalue weighted by Gasteiger charge is -2.18. The Bertz CT molecular complexity index is 113. The van der Waals surface area contributed by atoms with Gasteiger partial charge in [0.2, 0.25) is 0 Å². The molecule has 1 aliphatic carbocycles. The smallest absolute Gasteiger partial charge is 0.0891 e. The van der Waals surface area contributed by atoms with Crippen LogP contribution in [0.3, 0.4) is 0 Å². The van der Waals surface area contributed by atoms with Gasteiger partial charge < -0.3 is 0 Å². The van der Waals surface area contributed by atoms with E-state index < -0.39 is 0 Å². The maximum Gasteiger partial charge on any atom is 0.120 e. The molecule has 0 unspecified atom stereocenters. The molecule has 0 aliphatic heterocycles. The first-order valence-electron chi connectivity index (χ1n) is 6.33. The molecule has 0 N–H and O–H groups in total. The van der Waals surface area contributed by atoms with Gasteiger partial charge in [-0.15, -0.1) is 0 Å². The van der Waals surface area contributed by atoms with E-state index in [9.17, 15) is 0 Å². The van der Waals surface area contributed by atoms with E-state index in [2.05, 4.69) is 14.7 Å². The van der Waals surface area contributed by atoms with Crippen molar-refractivity contribution in [3.63, 3.8) is 0 Å². The van der Waals surface area contributed by atoms with Crippen LogP contribution in [0.5, 0.6) is 0 Å². The van der Waals surface area contributed by atoms with E-state index in [1.165, 1.54) is 58.6 Å². The Morgan fingerprint density at radius 2 is 1.38 bits per heavy atom. The molecular formula is C11H24B2. The predicted molar refractivity (Wildman–Crippen MR) is 66.0 cm³/mol. The highest BCUT2D eigenvalue weighted by molar-refractivity contribution is 6.35. The van der Waals surface area contributed by atoms with Gasteiger partial charge in [-0.2, -0.15) is 0 Å². The minimum absolute atomic E-state index is 0.998. The maximum atomic E-state index is 2.43. The average molecular weight is 178 g/mol. The molecule has 0 nitrogen and oxygen atoms in total. The molecule has 0 amide bonds. The van der Waals surface area contributed by atoms with Crippen LogP contribution in [0.4, 0.5) is 0 Å². The topological polar surface area (TPSA) is 0 Å². The van der Waals surface area contributed by atoms with E-state index in [1.807, 2.05) is 0 Å². The van der Waals surface area contributed by atoms with Gasteiger partial charge in [-0.1, -0.05) is 69.8 Å². The van der Waals surface area contributed by atoms with Gasteiger partial charge in [-0.25, -0.2) is 0 Å². The van der Waals surface area contributed by atoms with Gasteiger partial charge >= 0.3 is 0 Å². The van der Waals surface area contributed by atoms with Gasteiger partial charge in [0.1, 0.15) is 15.1 Å². The highest BCUT2D eigenvalue weighted by Gasteiger charge is 2.10. The first-order valence-corrected chi connectivity index (χ1v) is 6.33. The van der Waals surface area contributed by atoms with Crippen LogP contribution in [-0.4, -0.2) is 15.1 Å². The normalized spacial score (nSPS) is 32.4. The lowest BCUT2D eigenvalue weighted by Crippen LogP contribution is -2.03. The third-order valence-corrected chi connectivity index (χ3v) is 3.70. The van der Waals surface area contributed by atoms with Gasteiger partial charge in [0.25, 0.3) is 0 Å². The highest BCUT2D eigenvalue weighted by Crippen LogP contribution is 2.27. The number of rotatable bonds is 1. The average Bonchev–Trinajstić information content (AvgIpc) is 2.16. The predicted octanol–water partition coefficient (Wildman–Crippen LogP) is 2.82. The van der Waals surface area contributed by atoms with E-state index in [-0.39, 0.29) is 0 Å². The van der Waals surface area contributed by atoms with Gasteiger partial charge in [-0.05, 0) is 0 Å². The molecule has 0 spiro atoms. The van der Waals surface area contributed by atoms with E-state index in [0.29, 0.717) is 0 Å². The zero-order chi connectivity index (χ0) is 9.52. The molecule has 1 fully saturated rings. The van der Waals surface area contributed by atoms with Crippen LogP contribution in [0.15, 0.2) is 0 Å². The molecule has 0 aromatic heterocycles. The van der Waals surface area contributed by atoms with Gasteiger partial charge in [0, 0.05) is 0 Å². The SMILES string of the molecule is BC1CCCCC(BC)CCCC1. The zero-order valence-electron chi connectivity index (χ0n) is 9.52. The lowest BCUT2D eigenvalue weighted by atomic mass is 9.62. The zero-order valence-corrected chi connectivity index (χ0v) is 9.52. The Hall–Kier alpha value is 0.130. The lowest BCUT2D eigenvalue weighted by molar-refractivity contribution is 0.502. The summed E-state index contributed by atoms with van der Waals surface area (Å²) >= 11 is 0. The molecule has 0 saturated heterocycles. The molecule has 2 heteroatoms. The van der Waals surface area contributed by atoms with E-state index in [4.69, 9.17) is 0 Å². The molecule has 1 saturated carbocycles. The van der Waals surface area contributed by atoms with Crippen molar-refractivity contribution in [1.82, 2.24) is 0 Å². The fourth-order valence-electron chi connectivity index (χ4n) is 2.55. The van der Waals surface area contributed by atoms with Crippen LogP contribution in [0.25, 0.3) is 0 Å². The quantitative estimate of drug-likeness (QED) is 0.541. The Kier molecular flexibility index (Phi) is 5.66. The Morgan fingerprint density at radius 3 is 1.85 bits per heavy atom. The molecule has 0 atom stereocenters. The number of hydrogen-bond acceptors (Lipinski definition) is 0. The summed E-state index contributed by atoms with van der Waals surface area (Å²) < 4.78 is 0. The van der Waals surface area contributed by atoms with Crippen molar-refractivity contribution in [3.05, 3.63) is 0 Å². The van der Waals surface area contributed by atoms with Crippen molar-refractivity contribution in [2.24, 2.45) is 0 Å². The molecule has 0 bridgehead atoms. The van der Waals surface area contributed by atoms with Crippen LogP contribution >= 0.6 is 0 Å². The van der Waals surface area contributed by atoms with Crippen molar-refractivity contribution in [2.75, 3.05) is 0 Å². The minimum atomic E-state index is 0.998. The molecule has 0 radical (unpaired) electrons. The van der Waals surface area contributed by atoms with Crippen molar-refractivity contribution in [1.29, 1.82) is 0 Å². The first kappa shape index (κ1) is 11.2. The summed E-state index contributed by atoms with van der Waals surface area (Å²) in [6.07, 6.45) is 11.9. The van der Waals surface area contributed by atoms with Gasteiger partial charge in [-0.3, -0.25) is 0 Å². The highest BCUT2D eigenvalue weighted by atomic mass is 14.1. The van der Waals surface area contributed by atoms with Crippen LogP contribution in [0, 0.1) is 0 Å². The summed E-state index contributed by atoms with van der Waals surface area (Å²) in [4.78, 5) is 0. The Balaban J connectivity index is 2.24. The second-order valence-electron chi connectivity index (χ2n) is 4.95. The molecule has 13 heavy (non-hydrogen) atoms. The summed E-state index contributed by atoms with van der Waals surface area (Å²) in [6.45, 7) is 2.36. The van der Waals surface area contributed by atoms with Crippen molar-refractivity contribution in [3.8, 4) is 0 Å². The second kappa shape index (κ2) is 6.56. The van der Waals surface area contributed by atoms with E-state index in [0.717, 1.165) is 11.6 Å². The second-order valence-corrected chi connectivity index (χ2v) is 4.95.